The number of rotatable bonds is 5. The molecule has 0 amide bonds. The Morgan fingerprint density at radius 1 is 1.43 bits per heavy atom. The van der Waals surface area contributed by atoms with Crippen molar-refractivity contribution in [2.45, 2.75) is 26.5 Å². The van der Waals surface area contributed by atoms with E-state index in [2.05, 4.69) is 5.32 Å². The van der Waals surface area contributed by atoms with Crippen molar-refractivity contribution in [2.24, 2.45) is 0 Å². The molecule has 0 bridgehead atoms. The van der Waals surface area contributed by atoms with Crippen LogP contribution in [-0.4, -0.2) is 27.2 Å². The Labute approximate surface area is 121 Å². The van der Waals surface area contributed by atoms with Crippen molar-refractivity contribution in [2.75, 3.05) is 11.9 Å². The van der Waals surface area contributed by atoms with Gasteiger partial charge in [-0.1, -0.05) is 18.2 Å². The number of fused-ring (bicyclic) bond motifs is 1. The summed E-state index contributed by atoms with van der Waals surface area (Å²) in [6.07, 6.45) is -0.683. The van der Waals surface area contributed by atoms with Crippen LogP contribution in [0.2, 0.25) is 0 Å². The molecule has 0 aliphatic heterocycles. The second-order valence-corrected chi connectivity index (χ2v) is 4.78. The number of anilines is 1. The van der Waals surface area contributed by atoms with Gasteiger partial charge in [-0.25, -0.2) is 0 Å². The fraction of sp³-hybridized carbons (Fsp3) is 0.357. The molecule has 1 heterocycles. The predicted molar refractivity (Wildman–Crippen MR) is 80.7 cm³/mol. The summed E-state index contributed by atoms with van der Waals surface area (Å²) in [4.78, 5) is 23.0. The Morgan fingerprint density at radius 3 is 2.67 bits per heavy atom. The molecule has 2 aromatic rings. The Bertz CT molecular complexity index is 737. The number of nitro groups is 1. The van der Waals surface area contributed by atoms with Crippen molar-refractivity contribution in [1.82, 2.24) is 4.57 Å². The molecule has 21 heavy (non-hydrogen) atoms. The first-order chi connectivity index (χ1) is 9.97. The summed E-state index contributed by atoms with van der Waals surface area (Å²) in [7, 11) is 0. The SMILES string of the molecule is CCn1c(=O)c([N+](=O)[O-])c(NC[C@H](C)O)c2ccccc21. The van der Waals surface area contributed by atoms with Crippen LogP contribution in [0.4, 0.5) is 11.4 Å². The number of aromatic nitrogens is 1. The summed E-state index contributed by atoms with van der Waals surface area (Å²) < 4.78 is 1.38. The monoisotopic (exact) mass is 291 g/mol. The molecular weight excluding hydrogens is 274 g/mol. The van der Waals surface area contributed by atoms with E-state index < -0.39 is 22.3 Å². The molecule has 0 unspecified atom stereocenters. The van der Waals surface area contributed by atoms with Crippen molar-refractivity contribution in [1.29, 1.82) is 0 Å². The topological polar surface area (TPSA) is 97.4 Å². The smallest absolute Gasteiger partial charge is 0.357 e. The number of hydrogen-bond acceptors (Lipinski definition) is 5. The van der Waals surface area contributed by atoms with E-state index in [-0.39, 0.29) is 12.2 Å². The molecule has 7 nitrogen and oxygen atoms in total. The number of aliphatic hydroxyl groups is 1. The molecule has 0 saturated heterocycles. The highest BCUT2D eigenvalue weighted by Crippen LogP contribution is 2.29. The average molecular weight is 291 g/mol. The fourth-order valence-electron chi connectivity index (χ4n) is 2.30. The maximum Gasteiger partial charge on any atom is 0.357 e. The first kappa shape index (κ1) is 15.0. The number of aliphatic hydroxyl groups excluding tert-OH is 1. The minimum absolute atomic E-state index is 0.125. The highest BCUT2D eigenvalue weighted by Gasteiger charge is 2.25. The van der Waals surface area contributed by atoms with E-state index in [1.54, 1.807) is 38.1 Å². The number of nitrogens with one attached hydrogen (secondary N) is 1. The van der Waals surface area contributed by atoms with Crippen LogP contribution in [0.25, 0.3) is 10.9 Å². The zero-order valence-electron chi connectivity index (χ0n) is 11.9. The quantitative estimate of drug-likeness (QED) is 0.645. The van der Waals surface area contributed by atoms with Gasteiger partial charge in [0.2, 0.25) is 0 Å². The molecular formula is C14H17N3O4. The van der Waals surface area contributed by atoms with E-state index in [1.807, 2.05) is 0 Å². The molecule has 7 heteroatoms. The number of nitrogens with zero attached hydrogens (tertiary/aromatic N) is 2. The van der Waals surface area contributed by atoms with Crippen LogP contribution in [0.5, 0.6) is 0 Å². The zero-order chi connectivity index (χ0) is 15.6. The maximum absolute atomic E-state index is 12.3. The van der Waals surface area contributed by atoms with Crippen molar-refractivity contribution in [3.63, 3.8) is 0 Å². The van der Waals surface area contributed by atoms with Gasteiger partial charge in [0.25, 0.3) is 0 Å². The van der Waals surface area contributed by atoms with Gasteiger partial charge in [0.15, 0.2) is 0 Å². The summed E-state index contributed by atoms with van der Waals surface area (Å²) in [6, 6.07) is 7.00. The minimum atomic E-state index is -0.683. The number of aryl methyl sites for hydroxylation is 1. The van der Waals surface area contributed by atoms with Gasteiger partial charge in [-0.15, -0.1) is 0 Å². The van der Waals surface area contributed by atoms with Crippen molar-refractivity contribution in [3.05, 3.63) is 44.7 Å². The highest BCUT2D eigenvalue weighted by molar-refractivity contribution is 5.96. The predicted octanol–water partition coefficient (Wildman–Crippen LogP) is 1.72. The van der Waals surface area contributed by atoms with Crippen molar-refractivity contribution >= 4 is 22.3 Å². The summed E-state index contributed by atoms with van der Waals surface area (Å²) in [5.41, 5.74) is -0.347. The van der Waals surface area contributed by atoms with Crippen molar-refractivity contribution < 1.29 is 10.0 Å². The Morgan fingerprint density at radius 2 is 2.10 bits per heavy atom. The molecule has 0 fully saturated rings. The molecule has 0 aliphatic carbocycles. The summed E-state index contributed by atoms with van der Waals surface area (Å²) in [5, 5.41) is 24.1. The second kappa shape index (κ2) is 5.92. The molecule has 0 aliphatic rings. The van der Waals surface area contributed by atoms with E-state index in [1.165, 1.54) is 4.57 Å². The summed E-state index contributed by atoms with van der Waals surface area (Å²) >= 11 is 0. The molecule has 1 atom stereocenters. The Hall–Kier alpha value is -2.41. The Kier molecular flexibility index (Phi) is 4.23. The number of benzene rings is 1. The largest absolute Gasteiger partial charge is 0.392 e. The third-order valence-electron chi connectivity index (χ3n) is 3.22. The molecule has 1 aromatic carbocycles. The van der Waals surface area contributed by atoms with E-state index in [0.717, 1.165) is 0 Å². The van der Waals surface area contributed by atoms with Gasteiger partial charge in [0.05, 0.1) is 16.5 Å². The van der Waals surface area contributed by atoms with Gasteiger partial charge in [0, 0.05) is 18.5 Å². The van der Waals surface area contributed by atoms with Gasteiger partial charge >= 0.3 is 11.2 Å². The van der Waals surface area contributed by atoms with Gasteiger partial charge in [-0.3, -0.25) is 14.9 Å². The summed E-state index contributed by atoms with van der Waals surface area (Å²) in [6.45, 7) is 3.80. The van der Waals surface area contributed by atoms with Crippen molar-refractivity contribution in [3.8, 4) is 0 Å². The lowest BCUT2D eigenvalue weighted by atomic mass is 10.1. The molecule has 0 radical (unpaired) electrons. The molecule has 0 spiro atoms. The van der Waals surface area contributed by atoms with E-state index in [4.69, 9.17) is 0 Å². The molecule has 1 aromatic heterocycles. The van der Waals surface area contributed by atoms with Crippen LogP contribution in [0.1, 0.15) is 13.8 Å². The molecule has 2 N–H and O–H groups in total. The van der Waals surface area contributed by atoms with Crippen LogP contribution in [0, 0.1) is 10.1 Å². The number of para-hydroxylation sites is 1. The van der Waals surface area contributed by atoms with Gasteiger partial charge < -0.3 is 15.0 Å². The average Bonchev–Trinajstić information content (AvgIpc) is 2.44. The number of pyridine rings is 1. The third kappa shape index (κ3) is 2.73. The lowest BCUT2D eigenvalue weighted by molar-refractivity contribution is -0.385. The van der Waals surface area contributed by atoms with E-state index >= 15 is 0 Å². The van der Waals surface area contributed by atoms with E-state index in [0.29, 0.717) is 17.4 Å². The van der Waals surface area contributed by atoms with Crippen LogP contribution in [-0.2, 0) is 6.54 Å². The molecule has 2 rings (SSSR count). The van der Waals surface area contributed by atoms with Crippen LogP contribution >= 0.6 is 0 Å². The summed E-state index contributed by atoms with van der Waals surface area (Å²) in [5.74, 6) is 0. The zero-order valence-corrected chi connectivity index (χ0v) is 11.9. The molecule has 0 saturated carbocycles. The van der Waals surface area contributed by atoms with Gasteiger partial charge in [-0.05, 0) is 19.9 Å². The standard InChI is InChI=1S/C14H17N3O4/c1-3-16-11-7-5-4-6-10(11)12(15-8-9(2)18)13(14(16)19)17(20)21/h4-7,9,15,18H,3,8H2,1-2H3/t9-/m0/s1. The normalized spacial score (nSPS) is 12.3. The third-order valence-corrected chi connectivity index (χ3v) is 3.22. The fourth-order valence-corrected chi connectivity index (χ4v) is 2.30. The lowest BCUT2D eigenvalue weighted by Gasteiger charge is -2.14. The second-order valence-electron chi connectivity index (χ2n) is 4.78. The first-order valence-corrected chi connectivity index (χ1v) is 6.69. The van der Waals surface area contributed by atoms with Gasteiger partial charge in [-0.2, -0.15) is 0 Å². The highest BCUT2D eigenvalue weighted by atomic mass is 16.6. The maximum atomic E-state index is 12.3. The van der Waals surface area contributed by atoms with Crippen LogP contribution in [0.15, 0.2) is 29.1 Å². The minimum Gasteiger partial charge on any atom is -0.392 e. The lowest BCUT2D eigenvalue weighted by Crippen LogP contribution is -2.25. The van der Waals surface area contributed by atoms with Crippen LogP contribution in [0.3, 0.4) is 0 Å². The first-order valence-electron chi connectivity index (χ1n) is 6.69. The van der Waals surface area contributed by atoms with E-state index in [9.17, 15) is 20.0 Å². The number of hydrogen-bond donors (Lipinski definition) is 2. The Balaban J connectivity index is 2.82. The van der Waals surface area contributed by atoms with Gasteiger partial charge in [0.1, 0.15) is 5.69 Å². The van der Waals surface area contributed by atoms with Crippen LogP contribution < -0.4 is 10.9 Å². The molecule has 112 valence electrons.